The zero-order chi connectivity index (χ0) is 21.3. The lowest BCUT2D eigenvalue weighted by molar-refractivity contribution is 0.402. The molecule has 1 N–H and O–H groups in total. The third-order valence-corrected chi connectivity index (χ3v) is 5.70. The van der Waals surface area contributed by atoms with E-state index < -0.39 is 0 Å². The topological polar surface area (TPSA) is 74.8 Å². The molecule has 30 heavy (non-hydrogen) atoms. The van der Waals surface area contributed by atoms with Crippen LogP contribution in [0.1, 0.15) is 40.3 Å². The Morgan fingerprint density at radius 1 is 1.07 bits per heavy atom. The smallest absolute Gasteiger partial charge is 0.254 e. The Bertz CT molecular complexity index is 1000. The van der Waals surface area contributed by atoms with E-state index in [1.54, 1.807) is 6.20 Å². The number of hydrogen-bond donors (Lipinski definition) is 1. The van der Waals surface area contributed by atoms with E-state index in [1.807, 2.05) is 43.2 Å². The monoisotopic (exact) mass is 423 g/mol. The standard InChI is InChI=1S/C23H29N5OS/c1-17-6-7-18(13-25-17)11-20-14-26-22(27-23(20)29)5-4-10-30-16-21-12-19(8-9-24-21)15-28(2)3/h6-9,12-14H,4-5,10-11,15-16H2,1-3H3,(H,26,27,29). The molecule has 0 aliphatic rings. The summed E-state index contributed by atoms with van der Waals surface area (Å²) in [7, 11) is 4.14. The quantitative estimate of drug-likeness (QED) is 0.504. The van der Waals surface area contributed by atoms with Gasteiger partial charge in [0.25, 0.3) is 5.56 Å². The molecule has 0 unspecified atom stereocenters. The molecular formula is C23H29N5OS. The fraction of sp³-hybridized carbons (Fsp3) is 0.391. The fourth-order valence-corrected chi connectivity index (χ4v) is 3.98. The Hall–Kier alpha value is -2.51. The molecule has 3 heterocycles. The van der Waals surface area contributed by atoms with E-state index in [-0.39, 0.29) is 5.56 Å². The number of hydrogen-bond acceptors (Lipinski definition) is 6. The molecule has 7 heteroatoms. The first kappa shape index (κ1) is 22.2. The largest absolute Gasteiger partial charge is 0.310 e. The molecule has 0 atom stereocenters. The lowest BCUT2D eigenvalue weighted by Gasteiger charge is -2.10. The van der Waals surface area contributed by atoms with Crippen molar-refractivity contribution < 1.29 is 0 Å². The van der Waals surface area contributed by atoms with Crippen LogP contribution >= 0.6 is 11.8 Å². The Kier molecular flexibility index (Phi) is 8.16. The van der Waals surface area contributed by atoms with Crippen LogP contribution in [0.5, 0.6) is 0 Å². The van der Waals surface area contributed by atoms with E-state index in [1.165, 1.54) is 5.56 Å². The predicted molar refractivity (Wildman–Crippen MR) is 123 cm³/mol. The molecule has 3 aromatic rings. The molecular weight excluding hydrogens is 394 g/mol. The Balaban J connectivity index is 1.43. The van der Waals surface area contributed by atoms with Crippen LogP contribution in [0, 0.1) is 6.92 Å². The van der Waals surface area contributed by atoms with Gasteiger partial charge in [0, 0.05) is 55.0 Å². The summed E-state index contributed by atoms with van der Waals surface area (Å²) in [5, 5.41) is 0. The summed E-state index contributed by atoms with van der Waals surface area (Å²) in [5.74, 6) is 2.65. The molecule has 0 aliphatic heterocycles. The molecule has 0 aliphatic carbocycles. The highest BCUT2D eigenvalue weighted by Gasteiger charge is 2.05. The summed E-state index contributed by atoms with van der Waals surface area (Å²) in [5.41, 5.74) is 4.99. The molecule has 6 nitrogen and oxygen atoms in total. The molecule has 0 fully saturated rings. The van der Waals surface area contributed by atoms with Crippen molar-refractivity contribution in [2.75, 3.05) is 19.8 Å². The van der Waals surface area contributed by atoms with Gasteiger partial charge in [-0.05, 0) is 62.5 Å². The lowest BCUT2D eigenvalue weighted by atomic mass is 10.1. The number of aryl methyl sites for hydroxylation is 2. The van der Waals surface area contributed by atoms with Gasteiger partial charge in [-0.3, -0.25) is 14.8 Å². The van der Waals surface area contributed by atoms with Gasteiger partial charge in [0.2, 0.25) is 0 Å². The summed E-state index contributed by atoms with van der Waals surface area (Å²) in [4.78, 5) is 30.6. The van der Waals surface area contributed by atoms with Gasteiger partial charge >= 0.3 is 0 Å². The first-order valence-electron chi connectivity index (χ1n) is 10.1. The van der Waals surface area contributed by atoms with Crippen molar-refractivity contribution in [1.29, 1.82) is 0 Å². The molecule has 3 rings (SSSR count). The van der Waals surface area contributed by atoms with E-state index in [9.17, 15) is 4.79 Å². The third-order valence-electron chi connectivity index (χ3n) is 4.62. The molecule has 0 radical (unpaired) electrons. The molecule has 158 valence electrons. The van der Waals surface area contributed by atoms with Gasteiger partial charge in [-0.2, -0.15) is 11.8 Å². The molecule has 3 aromatic heterocycles. The number of thioether (sulfide) groups is 1. The number of pyridine rings is 2. The molecule has 0 saturated heterocycles. The first-order chi connectivity index (χ1) is 14.5. The van der Waals surface area contributed by atoms with Crippen molar-refractivity contribution in [3.63, 3.8) is 0 Å². The number of nitrogens with zero attached hydrogens (tertiary/aromatic N) is 4. The van der Waals surface area contributed by atoms with E-state index in [2.05, 4.69) is 51.1 Å². The highest BCUT2D eigenvalue weighted by atomic mass is 32.2. The second-order valence-corrected chi connectivity index (χ2v) is 8.82. The van der Waals surface area contributed by atoms with Crippen LogP contribution in [0.3, 0.4) is 0 Å². The minimum atomic E-state index is -0.0601. The number of rotatable bonds is 10. The minimum Gasteiger partial charge on any atom is -0.310 e. The summed E-state index contributed by atoms with van der Waals surface area (Å²) in [6.07, 6.45) is 7.67. The average molecular weight is 424 g/mol. The lowest BCUT2D eigenvalue weighted by Crippen LogP contribution is -2.16. The van der Waals surface area contributed by atoms with Gasteiger partial charge in [-0.25, -0.2) is 4.98 Å². The van der Waals surface area contributed by atoms with Crippen LogP contribution < -0.4 is 5.56 Å². The first-order valence-corrected chi connectivity index (χ1v) is 11.3. The molecule has 0 amide bonds. The summed E-state index contributed by atoms with van der Waals surface area (Å²) in [6.45, 7) is 2.87. The summed E-state index contributed by atoms with van der Waals surface area (Å²) in [6, 6.07) is 8.19. The van der Waals surface area contributed by atoms with E-state index in [0.29, 0.717) is 12.0 Å². The molecule has 0 bridgehead atoms. The van der Waals surface area contributed by atoms with Crippen LogP contribution in [0.2, 0.25) is 0 Å². The van der Waals surface area contributed by atoms with Gasteiger partial charge in [-0.1, -0.05) is 6.07 Å². The van der Waals surface area contributed by atoms with Gasteiger partial charge in [0.05, 0.1) is 5.69 Å². The highest BCUT2D eigenvalue weighted by molar-refractivity contribution is 7.98. The highest BCUT2D eigenvalue weighted by Crippen LogP contribution is 2.14. The zero-order valence-corrected chi connectivity index (χ0v) is 18.7. The van der Waals surface area contributed by atoms with Crippen LogP contribution in [0.15, 0.2) is 47.7 Å². The minimum absolute atomic E-state index is 0.0601. The molecule has 0 spiro atoms. The van der Waals surface area contributed by atoms with Crippen molar-refractivity contribution in [3.05, 3.63) is 87.1 Å². The average Bonchev–Trinajstić information content (AvgIpc) is 2.71. The molecule has 0 aromatic carbocycles. The summed E-state index contributed by atoms with van der Waals surface area (Å²) < 4.78 is 0. The number of aromatic amines is 1. The van der Waals surface area contributed by atoms with Gasteiger partial charge < -0.3 is 9.88 Å². The summed E-state index contributed by atoms with van der Waals surface area (Å²) >= 11 is 1.86. The Morgan fingerprint density at radius 3 is 2.67 bits per heavy atom. The van der Waals surface area contributed by atoms with Crippen molar-refractivity contribution >= 4 is 11.8 Å². The third kappa shape index (κ3) is 7.07. The van der Waals surface area contributed by atoms with Crippen molar-refractivity contribution in [3.8, 4) is 0 Å². The van der Waals surface area contributed by atoms with Crippen molar-refractivity contribution in [1.82, 2.24) is 24.8 Å². The fourth-order valence-electron chi connectivity index (χ4n) is 3.12. The maximum atomic E-state index is 12.4. The Labute approximate surface area is 182 Å². The van der Waals surface area contributed by atoms with Crippen molar-refractivity contribution in [2.45, 2.75) is 38.5 Å². The Morgan fingerprint density at radius 2 is 1.93 bits per heavy atom. The molecule has 0 saturated carbocycles. The number of H-pyrrole nitrogens is 1. The van der Waals surface area contributed by atoms with E-state index in [4.69, 9.17) is 0 Å². The SMILES string of the molecule is Cc1ccc(Cc2cnc(CCCSCc3cc(CN(C)C)ccn3)[nH]c2=O)cn1. The zero-order valence-electron chi connectivity index (χ0n) is 17.9. The second-order valence-electron chi connectivity index (χ2n) is 7.72. The van der Waals surface area contributed by atoms with Gasteiger partial charge in [0.15, 0.2) is 0 Å². The van der Waals surface area contributed by atoms with Crippen LogP contribution in [-0.2, 0) is 25.1 Å². The predicted octanol–water partition coefficient (Wildman–Crippen LogP) is 3.39. The maximum absolute atomic E-state index is 12.4. The van der Waals surface area contributed by atoms with Crippen LogP contribution in [0.25, 0.3) is 0 Å². The second kappa shape index (κ2) is 11.0. The maximum Gasteiger partial charge on any atom is 0.254 e. The number of aromatic nitrogens is 4. The number of nitrogens with one attached hydrogen (secondary N) is 1. The van der Waals surface area contributed by atoms with E-state index >= 15 is 0 Å². The van der Waals surface area contributed by atoms with E-state index in [0.717, 1.165) is 53.7 Å². The van der Waals surface area contributed by atoms with Gasteiger partial charge in [0.1, 0.15) is 5.82 Å². The van der Waals surface area contributed by atoms with Crippen molar-refractivity contribution in [2.24, 2.45) is 0 Å². The van der Waals surface area contributed by atoms with Crippen LogP contribution in [0.4, 0.5) is 0 Å². The van der Waals surface area contributed by atoms with Crippen LogP contribution in [-0.4, -0.2) is 44.7 Å². The normalized spacial score (nSPS) is 11.2. The van der Waals surface area contributed by atoms with Gasteiger partial charge in [-0.15, -0.1) is 0 Å².